The maximum atomic E-state index is 13.0. The summed E-state index contributed by atoms with van der Waals surface area (Å²) in [6, 6.07) is 24.5. The second kappa shape index (κ2) is 11.2. The fourth-order valence-corrected chi connectivity index (χ4v) is 5.95. The monoisotopic (exact) mass is 532 g/mol. The number of carbonyl (C=O) groups is 1. The van der Waals surface area contributed by atoms with Crippen molar-refractivity contribution in [3.8, 4) is 6.07 Å². The standard InChI is InChI=1S/C32H32N6O2/c1-23-7-5-10-25-11-6-12-29(30(23)25)36-16-14-27-28(20-36)34-22-35-31(27)37-17-18-38(26(19-37)13-15-33)32(39)40-21-24-8-3-2-4-9-24/h2-12,22,26H,13-14,16-21H2,1H3/t26-/m0/s1. The largest absolute Gasteiger partial charge is 0.445 e. The number of nitriles is 1. The molecule has 6 rings (SSSR count). The molecule has 1 aromatic heterocycles. The molecular formula is C32H32N6O2. The Morgan fingerprint density at radius 2 is 1.82 bits per heavy atom. The van der Waals surface area contributed by atoms with Crippen LogP contribution in [0.2, 0.25) is 0 Å². The van der Waals surface area contributed by atoms with E-state index in [-0.39, 0.29) is 25.2 Å². The minimum atomic E-state index is -0.380. The number of carbonyl (C=O) groups excluding carboxylic acids is 1. The van der Waals surface area contributed by atoms with E-state index in [0.29, 0.717) is 26.2 Å². The van der Waals surface area contributed by atoms with E-state index < -0.39 is 0 Å². The molecule has 1 amide bonds. The summed E-state index contributed by atoms with van der Waals surface area (Å²) in [5.74, 6) is 0.916. The first-order valence-electron chi connectivity index (χ1n) is 13.8. The van der Waals surface area contributed by atoms with Gasteiger partial charge in [-0.3, -0.25) is 0 Å². The van der Waals surface area contributed by atoms with Gasteiger partial charge in [0.15, 0.2) is 0 Å². The topological polar surface area (TPSA) is 85.6 Å². The van der Waals surface area contributed by atoms with Crippen LogP contribution in [0.3, 0.4) is 0 Å². The molecule has 0 saturated carbocycles. The number of hydrogen-bond donors (Lipinski definition) is 0. The summed E-state index contributed by atoms with van der Waals surface area (Å²) in [5.41, 5.74) is 5.63. The van der Waals surface area contributed by atoms with E-state index in [1.54, 1.807) is 11.2 Å². The van der Waals surface area contributed by atoms with Crippen molar-refractivity contribution in [2.24, 2.45) is 0 Å². The third-order valence-corrected chi connectivity index (χ3v) is 7.96. The van der Waals surface area contributed by atoms with E-state index >= 15 is 0 Å². The van der Waals surface area contributed by atoms with Gasteiger partial charge in [0, 0.05) is 42.8 Å². The highest BCUT2D eigenvalue weighted by Gasteiger charge is 2.34. The van der Waals surface area contributed by atoms with Crippen molar-refractivity contribution < 1.29 is 9.53 Å². The number of benzene rings is 3. The summed E-state index contributed by atoms with van der Waals surface area (Å²) in [7, 11) is 0. The minimum Gasteiger partial charge on any atom is -0.445 e. The summed E-state index contributed by atoms with van der Waals surface area (Å²) >= 11 is 0. The van der Waals surface area contributed by atoms with Crippen molar-refractivity contribution in [1.82, 2.24) is 14.9 Å². The van der Waals surface area contributed by atoms with Gasteiger partial charge in [0.2, 0.25) is 0 Å². The first-order valence-corrected chi connectivity index (χ1v) is 13.8. The van der Waals surface area contributed by atoms with Crippen LogP contribution in [0.15, 0.2) is 73.1 Å². The molecule has 4 aromatic rings. The molecule has 2 aliphatic heterocycles. The lowest BCUT2D eigenvalue weighted by Crippen LogP contribution is -2.55. The van der Waals surface area contributed by atoms with Crippen LogP contribution < -0.4 is 9.80 Å². The molecule has 1 saturated heterocycles. The number of piperazine rings is 1. The van der Waals surface area contributed by atoms with Gasteiger partial charge in [-0.2, -0.15) is 5.26 Å². The van der Waals surface area contributed by atoms with E-state index in [0.717, 1.165) is 35.6 Å². The molecule has 0 aliphatic carbocycles. The van der Waals surface area contributed by atoms with Crippen LogP contribution in [0, 0.1) is 18.3 Å². The molecule has 8 nitrogen and oxygen atoms in total. The minimum absolute atomic E-state index is 0.214. The van der Waals surface area contributed by atoms with Gasteiger partial charge in [-0.25, -0.2) is 14.8 Å². The third-order valence-electron chi connectivity index (χ3n) is 7.96. The first-order chi connectivity index (χ1) is 19.6. The van der Waals surface area contributed by atoms with Crippen LogP contribution in [-0.4, -0.2) is 53.2 Å². The van der Waals surface area contributed by atoms with Crippen molar-refractivity contribution in [1.29, 1.82) is 5.26 Å². The van der Waals surface area contributed by atoms with E-state index in [4.69, 9.17) is 9.72 Å². The molecule has 1 atom stereocenters. The molecule has 0 spiro atoms. The van der Waals surface area contributed by atoms with E-state index in [9.17, 15) is 10.1 Å². The Morgan fingerprint density at radius 3 is 2.65 bits per heavy atom. The van der Waals surface area contributed by atoms with Crippen LogP contribution in [-0.2, 0) is 24.3 Å². The highest BCUT2D eigenvalue weighted by Crippen LogP contribution is 2.34. The van der Waals surface area contributed by atoms with Gasteiger partial charge in [0.05, 0.1) is 30.8 Å². The van der Waals surface area contributed by atoms with Crippen LogP contribution in [0.4, 0.5) is 16.3 Å². The normalized spacial score (nSPS) is 16.9. The molecule has 2 aliphatic rings. The molecule has 3 aromatic carbocycles. The predicted molar refractivity (Wildman–Crippen MR) is 155 cm³/mol. The molecule has 0 N–H and O–H groups in total. The average Bonchev–Trinajstić information content (AvgIpc) is 3.00. The van der Waals surface area contributed by atoms with Gasteiger partial charge < -0.3 is 19.4 Å². The number of amides is 1. The summed E-state index contributed by atoms with van der Waals surface area (Å²) in [6.45, 7) is 5.59. The third kappa shape index (κ3) is 5.03. The summed E-state index contributed by atoms with van der Waals surface area (Å²) in [4.78, 5) is 28.7. The van der Waals surface area contributed by atoms with Crippen LogP contribution in [0.5, 0.6) is 0 Å². The van der Waals surface area contributed by atoms with Crippen molar-refractivity contribution in [3.63, 3.8) is 0 Å². The molecule has 0 radical (unpaired) electrons. The maximum absolute atomic E-state index is 13.0. The van der Waals surface area contributed by atoms with E-state index in [2.05, 4.69) is 64.2 Å². The number of aryl methyl sites for hydroxylation is 1. The van der Waals surface area contributed by atoms with Gasteiger partial charge >= 0.3 is 6.09 Å². The number of rotatable bonds is 5. The number of nitrogens with zero attached hydrogens (tertiary/aromatic N) is 6. The van der Waals surface area contributed by atoms with Crippen molar-refractivity contribution >= 4 is 28.4 Å². The second-order valence-electron chi connectivity index (χ2n) is 10.4. The zero-order valence-corrected chi connectivity index (χ0v) is 22.7. The molecular weight excluding hydrogens is 500 g/mol. The van der Waals surface area contributed by atoms with E-state index in [1.165, 1.54) is 22.0 Å². The Labute approximate surface area is 234 Å². The van der Waals surface area contributed by atoms with Crippen LogP contribution in [0.1, 0.15) is 28.8 Å². The first kappa shape index (κ1) is 25.6. The summed E-state index contributed by atoms with van der Waals surface area (Å²) in [6.07, 6.45) is 2.33. The molecule has 40 heavy (non-hydrogen) atoms. The quantitative estimate of drug-likeness (QED) is 0.347. The number of hydrogen-bond acceptors (Lipinski definition) is 7. The van der Waals surface area contributed by atoms with Crippen molar-refractivity contribution in [2.45, 2.75) is 39.0 Å². The van der Waals surface area contributed by atoms with Crippen LogP contribution in [0.25, 0.3) is 10.8 Å². The molecule has 0 unspecified atom stereocenters. The van der Waals surface area contributed by atoms with Crippen LogP contribution >= 0.6 is 0 Å². The predicted octanol–water partition coefficient (Wildman–Crippen LogP) is 5.24. The van der Waals surface area contributed by atoms with Gasteiger partial charge in [-0.15, -0.1) is 0 Å². The molecule has 0 bridgehead atoms. The van der Waals surface area contributed by atoms with E-state index in [1.807, 2.05) is 30.3 Å². The second-order valence-corrected chi connectivity index (χ2v) is 10.4. The lowest BCUT2D eigenvalue weighted by molar-refractivity contribution is 0.0768. The molecule has 3 heterocycles. The lowest BCUT2D eigenvalue weighted by atomic mass is 9.99. The number of fused-ring (bicyclic) bond motifs is 2. The lowest BCUT2D eigenvalue weighted by Gasteiger charge is -2.41. The smallest absolute Gasteiger partial charge is 0.410 e. The molecule has 8 heteroatoms. The molecule has 1 fully saturated rings. The Balaban J connectivity index is 1.19. The Hall–Kier alpha value is -4.64. The fraction of sp³-hybridized carbons (Fsp3) is 0.312. The van der Waals surface area contributed by atoms with Gasteiger partial charge in [0.25, 0.3) is 0 Å². The highest BCUT2D eigenvalue weighted by atomic mass is 16.6. The number of ether oxygens (including phenoxy) is 1. The van der Waals surface area contributed by atoms with Gasteiger partial charge in [0.1, 0.15) is 18.8 Å². The van der Waals surface area contributed by atoms with Crippen molar-refractivity contribution in [2.75, 3.05) is 36.0 Å². The fourth-order valence-electron chi connectivity index (χ4n) is 5.95. The maximum Gasteiger partial charge on any atom is 0.410 e. The summed E-state index contributed by atoms with van der Waals surface area (Å²) < 4.78 is 5.60. The zero-order chi connectivity index (χ0) is 27.5. The number of aromatic nitrogens is 2. The Bertz CT molecular complexity index is 1560. The van der Waals surface area contributed by atoms with Gasteiger partial charge in [-0.1, -0.05) is 60.7 Å². The van der Waals surface area contributed by atoms with Crippen molar-refractivity contribution in [3.05, 3.63) is 95.4 Å². The van der Waals surface area contributed by atoms with Gasteiger partial charge in [-0.05, 0) is 35.9 Å². The number of anilines is 2. The Morgan fingerprint density at radius 1 is 1.00 bits per heavy atom. The SMILES string of the molecule is Cc1cccc2cccc(N3CCc4c(ncnc4N4CCN(C(=O)OCc5ccccc5)[C@@H](CC#N)C4)C3)c12. The highest BCUT2D eigenvalue weighted by molar-refractivity contribution is 5.97. The molecule has 202 valence electrons. The Kier molecular flexibility index (Phi) is 7.19. The zero-order valence-electron chi connectivity index (χ0n) is 22.7. The average molecular weight is 533 g/mol. The summed E-state index contributed by atoms with van der Waals surface area (Å²) in [5, 5.41) is 12.1.